The van der Waals surface area contributed by atoms with Gasteiger partial charge in [0.05, 0.1) is 5.69 Å². The molecule has 4 heteroatoms. The average Bonchev–Trinajstić information content (AvgIpc) is 3.12. The molecule has 0 atom stereocenters. The lowest BCUT2D eigenvalue weighted by atomic mass is 10.2. The van der Waals surface area contributed by atoms with Crippen molar-refractivity contribution in [2.75, 3.05) is 11.9 Å². The van der Waals surface area contributed by atoms with Crippen molar-refractivity contribution in [1.29, 1.82) is 0 Å². The van der Waals surface area contributed by atoms with Gasteiger partial charge >= 0.3 is 0 Å². The molecule has 3 rings (SSSR count). The van der Waals surface area contributed by atoms with E-state index in [9.17, 15) is 0 Å². The number of hydrogen-bond donors (Lipinski definition) is 1. The summed E-state index contributed by atoms with van der Waals surface area (Å²) in [5.41, 5.74) is 2.30. The molecule has 1 saturated carbocycles. The molecule has 0 aliphatic heterocycles. The summed E-state index contributed by atoms with van der Waals surface area (Å²) < 4.78 is 0. The van der Waals surface area contributed by atoms with Crippen molar-refractivity contribution in [3.63, 3.8) is 0 Å². The molecule has 0 spiro atoms. The normalized spacial score (nSPS) is 14.8. The number of anilines is 1. The second kappa shape index (κ2) is 4.69. The molecule has 0 aromatic carbocycles. The summed E-state index contributed by atoms with van der Waals surface area (Å²) in [6.07, 6.45) is 2.47. The third-order valence-corrected chi connectivity index (χ3v) is 4.02. The number of hydrogen-bond acceptors (Lipinski definition) is 4. The summed E-state index contributed by atoms with van der Waals surface area (Å²) in [6.45, 7) is 5.13. The van der Waals surface area contributed by atoms with Gasteiger partial charge in [0, 0.05) is 29.0 Å². The summed E-state index contributed by atoms with van der Waals surface area (Å²) >= 11 is 1.77. The van der Waals surface area contributed by atoms with Crippen LogP contribution >= 0.6 is 11.3 Å². The lowest BCUT2D eigenvalue weighted by Gasteiger charge is -2.08. The predicted octanol–water partition coefficient (Wildman–Crippen LogP) is 3.82. The smallest absolute Gasteiger partial charge is 0.134 e. The molecule has 1 aliphatic rings. The topological polar surface area (TPSA) is 37.8 Å². The second-order valence-corrected chi connectivity index (χ2v) is 5.81. The van der Waals surface area contributed by atoms with E-state index in [2.05, 4.69) is 41.7 Å². The largest absolute Gasteiger partial charge is 0.370 e. The average molecular weight is 259 g/mol. The SMILES string of the molecule is CCNc1cc(-c2ccsc2C)nc(C2CC2)n1. The molecule has 0 saturated heterocycles. The van der Waals surface area contributed by atoms with Crippen molar-refractivity contribution in [3.8, 4) is 11.3 Å². The van der Waals surface area contributed by atoms with Gasteiger partial charge in [-0.3, -0.25) is 0 Å². The first-order valence-corrected chi connectivity index (χ1v) is 7.33. The molecule has 1 fully saturated rings. The number of aromatic nitrogens is 2. The van der Waals surface area contributed by atoms with Crippen LogP contribution in [0.25, 0.3) is 11.3 Å². The zero-order chi connectivity index (χ0) is 12.5. The van der Waals surface area contributed by atoms with Crippen molar-refractivity contribution in [2.24, 2.45) is 0 Å². The first-order valence-electron chi connectivity index (χ1n) is 6.45. The van der Waals surface area contributed by atoms with Crippen molar-refractivity contribution in [1.82, 2.24) is 9.97 Å². The van der Waals surface area contributed by atoms with E-state index in [0.717, 1.165) is 23.9 Å². The minimum absolute atomic E-state index is 0.585. The van der Waals surface area contributed by atoms with Gasteiger partial charge in [-0.2, -0.15) is 0 Å². The molecule has 2 aromatic heterocycles. The number of thiophene rings is 1. The van der Waals surface area contributed by atoms with Gasteiger partial charge in [-0.15, -0.1) is 11.3 Å². The fourth-order valence-electron chi connectivity index (χ4n) is 2.05. The van der Waals surface area contributed by atoms with Gasteiger partial charge in [-0.05, 0) is 38.1 Å². The Morgan fingerprint density at radius 2 is 2.22 bits per heavy atom. The van der Waals surface area contributed by atoms with Crippen LogP contribution in [0.3, 0.4) is 0 Å². The third-order valence-electron chi connectivity index (χ3n) is 3.18. The molecule has 2 aromatic rings. The van der Waals surface area contributed by atoms with Gasteiger partial charge < -0.3 is 5.32 Å². The van der Waals surface area contributed by atoms with Crippen molar-refractivity contribution < 1.29 is 0 Å². The maximum Gasteiger partial charge on any atom is 0.134 e. The van der Waals surface area contributed by atoms with Gasteiger partial charge in [-0.25, -0.2) is 9.97 Å². The molecule has 0 radical (unpaired) electrons. The summed E-state index contributed by atoms with van der Waals surface area (Å²) in [5.74, 6) is 2.55. The molecule has 94 valence electrons. The summed E-state index contributed by atoms with van der Waals surface area (Å²) in [7, 11) is 0. The van der Waals surface area contributed by atoms with E-state index in [4.69, 9.17) is 4.98 Å². The number of nitrogens with one attached hydrogen (secondary N) is 1. The molecule has 0 amide bonds. The number of aryl methyl sites for hydroxylation is 1. The van der Waals surface area contributed by atoms with Crippen LogP contribution in [0.5, 0.6) is 0 Å². The van der Waals surface area contributed by atoms with E-state index >= 15 is 0 Å². The molecule has 2 heterocycles. The van der Waals surface area contributed by atoms with E-state index < -0.39 is 0 Å². The highest BCUT2D eigenvalue weighted by atomic mass is 32.1. The van der Waals surface area contributed by atoms with Gasteiger partial charge in [-0.1, -0.05) is 0 Å². The van der Waals surface area contributed by atoms with Crippen molar-refractivity contribution in [2.45, 2.75) is 32.6 Å². The summed E-state index contributed by atoms with van der Waals surface area (Å²) in [6, 6.07) is 4.21. The van der Waals surface area contributed by atoms with Crippen molar-refractivity contribution in [3.05, 3.63) is 28.2 Å². The van der Waals surface area contributed by atoms with Crippen LogP contribution in [0.2, 0.25) is 0 Å². The highest BCUT2D eigenvalue weighted by Crippen LogP contribution is 2.39. The quantitative estimate of drug-likeness (QED) is 0.907. The Labute approximate surface area is 111 Å². The highest BCUT2D eigenvalue weighted by molar-refractivity contribution is 7.10. The molecule has 18 heavy (non-hydrogen) atoms. The van der Waals surface area contributed by atoms with Crippen LogP contribution in [0, 0.1) is 6.92 Å². The van der Waals surface area contributed by atoms with Gasteiger partial charge in [0.1, 0.15) is 11.6 Å². The van der Waals surface area contributed by atoms with Gasteiger partial charge in [0.15, 0.2) is 0 Å². The first kappa shape index (κ1) is 11.7. The molecule has 3 nitrogen and oxygen atoms in total. The van der Waals surface area contributed by atoms with E-state index in [1.54, 1.807) is 11.3 Å². The fourth-order valence-corrected chi connectivity index (χ4v) is 2.76. The Kier molecular flexibility index (Phi) is 3.04. The Hall–Kier alpha value is -1.42. The Balaban J connectivity index is 2.04. The predicted molar refractivity (Wildman–Crippen MR) is 76.2 cm³/mol. The van der Waals surface area contributed by atoms with Crippen molar-refractivity contribution >= 4 is 17.2 Å². The van der Waals surface area contributed by atoms with Gasteiger partial charge in [0.25, 0.3) is 0 Å². The Morgan fingerprint density at radius 3 is 2.83 bits per heavy atom. The Bertz CT molecular complexity index is 558. The second-order valence-electron chi connectivity index (χ2n) is 4.69. The monoisotopic (exact) mass is 259 g/mol. The van der Waals surface area contributed by atoms with Crippen LogP contribution in [-0.4, -0.2) is 16.5 Å². The van der Waals surface area contributed by atoms with E-state index in [1.807, 2.05) is 0 Å². The summed E-state index contributed by atoms with van der Waals surface area (Å²) in [4.78, 5) is 10.7. The zero-order valence-corrected chi connectivity index (χ0v) is 11.5. The lowest BCUT2D eigenvalue weighted by molar-refractivity contribution is 0.927. The molecular weight excluding hydrogens is 242 g/mol. The maximum absolute atomic E-state index is 4.74. The number of nitrogens with zero attached hydrogens (tertiary/aromatic N) is 2. The molecular formula is C14H17N3S. The third kappa shape index (κ3) is 2.25. The molecule has 0 unspecified atom stereocenters. The zero-order valence-electron chi connectivity index (χ0n) is 10.7. The maximum atomic E-state index is 4.74. The van der Waals surface area contributed by atoms with Crippen LogP contribution in [0.4, 0.5) is 5.82 Å². The standard InChI is InChI=1S/C14H17N3S/c1-3-15-13-8-12(11-6-7-18-9(11)2)16-14(17-13)10-4-5-10/h6-8,10H,3-5H2,1-2H3,(H,15,16,17). The fraction of sp³-hybridized carbons (Fsp3) is 0.429. The molecule has 0 bridgehead atoms. The van der Waals surface area contributed by atoms with Crippen LogP contribution in [0.15, 0.2) is 17.5 Å². The lowest BCUT2D eigenvalue weighted by Crippen LogP contribution is -2.04. The summed E-state index contributed by atoms with van der Waals surface area (Å²) in [5, 5.41) is 5.43. The van der Waals surface area contributed by atoms with Crippen LogP contribution < -0.4 is 5.32 Å². The molecule has 1 N–H and O–H groups in total. The van der Waals surface area contributed by atoms with E-state index in [-0.39, 0.29) is 0 Å². The number of rotatable bonds is 4. The highest BCUT2D eigenvalue weighted by Gasteiger charge is 2.27. The molecule has 1 aliphatic carbocycles. The van der Waals surface area contributed by atoms with Gasteiger partial charge in [0.2, 0.25) is 0 Å². The van der Waals surface area contributed by atoms with E-state index in [0.29, 0.717) is 5.92 Å². The van der Waals surface area contributed by atoms with Crippen LogP contribution in [0.1, 0.15) is 36.4 Å². The first-order chi connectivity index (χ1) is 8.78. The van der Waals surface area contributed by atoms with Crippen LogP contribution in [-0.2, 0) is 0 Å². The Morgan fingerprint density at radius 1 is 1.39 bits per heavy atom. The minimum atomic E-state index is 0.585. The minimum Gasteiger partial charge on any atom is -0.370 e. The van der Waals surface area contributed by atoms with E-state index in [1.165, 1.54) is 23.3 Å².